The molecule has 0 spiro atoms. The van der Waals surface area contributed by atoms with Crippen LogP contribution in [0.5, 0.6) is 0 Å². The van der Waals surface area contributed by atoms with Crippen molar-refractivity contribution in [2.45, 2.75) is 29.8 Å². The molecule has 1 nitrogen and oxygen atoms in total. The minimum absolute atomic E-state index is 0.434. The summed E-state index contributed by atoms with van der Waals surface area (Å²) in [6.07, 6.45) is 1.54. The van der Waals surface area contributed by atoms with E-state index in [1.165, 1.54) is 0 Å². The third-order valence-corrected chi connectivity index (χ3v) is 9.79. The second kappa shape index (κ2) is 5.93. The number of halogens is 1. The van der Waals surface area contributed by atoms with Crippen LogP contribution in [0.2, 0.25) is 3.43 Å². The molecule has 9 heavy (non-hydrogen) atoms. The SMILES string of the molecule is CCC(OC)[CH](C)[Hg][Cl]. The summed E-state index contributed by atoms with van der Waals surface area (Å²) in [5.41, 5.74) is 0. The van der Waals surface area contributed by atoms with Gasteiger partial charge in [-0.3, -0.25) is 0 Å². The van der Waals surface area contributed by atoms with E-state index in [-0.39, 0.29) is 0 Å². The molecule has 0 aliphatic rings. The van der Waals surface area contributed by atoms with Crippen molar-refractivity contribution < 1.29 is 28.1 Å². The molecule has 52 valence electrons. The van der Waals surface area contributed by atoms with Crippen molar-refractivity contribution >= 4 is 8.25 Å². The molecule has 0 aliphatic heterocycles. The summed E-state index contributed by atoms with van der Waals surface area (Å²) >= 11 is -1.03. The van der Waals surface area contributed by atoms with Crippen LogP contribution in [-0.4, -0.2) is 13.2 Å². The first-order chi connectivity index (χ1) is 4.26. The summed E-state index contributed by atoms with van der Waals surface area (Å²) in [7, 11) is 7.62. The average Bonchev–Trinajstić information content (AvgIpc) is 1.90. The summed E-state index contributed by atoms with van der Waals surface area (Å²) in [6.45, 7) is 4.34. The van der Waals surface area contributed by atoms with Crippen LogP contribution >= 0.6 is 8.25 Å². The molecule has 0 aromatic carbocycles. The van der Waals surface area contributed by atoms with Gasteiger partial charge in [-0.2, -0.15) is 0 Å². The van der Waals surface area contributed by atoms with E-state index in [2.05, 4.69) is 13.8 Å². The topological polar surface area (TPSA) is 9.23 Å². The van der Waals surface area contributed by atoms with Crippen LogP contribution in [-0.2, 0) is 28.1 Å². The molecule has 0 saturated carbocycles. The van der Waals surface area contributed by atoms with Crippen LogP contribution in [0.25, 0.3) is 0 Å². The molecule has 2 unspecified atom stereocenters. The standard InChI is InChI=1S/C6H13O.ClH.Hg/c1-4-6(5-2)7-3;;/h4,6H,5H2,1-3H3;1H;/q;;+1/p-1. The second-order valence-corrected chi connectivity index (χ2v) is 11.2. The van der Waals surface area contributed by atoms with Gasteiger partial charge in [-0.25, -0.2) is 0 Å². The Morgan fingerprint density at radius 2 is 2.22 bits per heavy atom. The zero-order chi connectivity index (χ0) is 7.28. The fourth-order valence-electron chi connectivity index (χ4n) is 0.901. The van der Waals surface area contributed by atoms with Crippen LogP contribution in [0.1, 0.15) is 20.3 Å². The molecule has 0 aromatic rings. The quantitative estimate of drug-likeness (QED) is 0.716. The molecule has 0 radical (unpaired) electrons. The van der Waals surface area contributed by atoms with Gasteiger partial charge < -0.3 is 0 Å². The third-order valence-electron chi connectivity index (χ3n) is 1.58. The second-order valence-electron chi connectivity index (χ2n) is 2.31. The molecule has 3 heteroatoms. The van der Waals surface area contributed by atoms with E-state index in [0.29, 0.717) is 9.53 Å². The van der Waals surface area contributed by atoms with Gasteiger partial charge in [-0.1, -0.05) is 0 Å². The fraction of sp³-hybridized carbons (Fsp3) is 1.00. The monoisotopic (exact) mass is 338 g/mol. The van der Waals surface area contributed by atoms with Gasteiger partial charge in [0.25, 0.3) is 0 Å². The molecule has 0 rings (SSSR count). The Hall–Kier alpha value is 1.19. The van der Waals surface area contributed by atoms with E-state index in [9.17, 15) is 0 Å². The molecule has 0 aliphatic carbocycles. The third kappa shape index (κ3) is 3.79. The first-order valence-electron chi connectivity index (χ1n) is 3.35. The first-order valence-corrected chi connectivity index (χ1v) is 13.3. The van der Waals surface area contributed by atoms with Gasteiger partial charge in [-0.05, 0) is 0 Å². The Morgan fingerprint density at radius 1 is 1.67 bits per heavy atom. The number of hydrogen-bond acceptors (Lipinski definition) is 1. The van der Waals surface area contributed by atoms with Crippen molar-refractivity contribution in [3.05, 3.63) is 0 Å². The molecule has 0 amide bonds. The van der Waals surface area contributed by atoms with Gasteiger partial charge >= 0.3 is 73.2 Å². The van der Waals surface area contributed by atoms with Gasteiger partial charge in [0.05, 0.1) is 0 Å². The van der Waals surface area contributed by atoms with Crippen molar-refractivity contribution in [2.75, 3.05) is 7.11 Å². The Kier molecular flexibility index (Phi) is 6.71. The molecule has 0 fully saturated rings. The summed E-state index contributed by atoms with van der Waals surface area (Å²) in [4.78, 5) is 0. The zero-order valence-corrected chi connectivity index (χ0v) is 12.6. The molecule has 0 heterocycles. The van der Waals surface area contributed by atoms with E-state index in [4.69, 9.17) is 13.0 Å². The molecular formula is C6H13ClHgO. The molecule has 0 bridgehead atoms. The van der Waals surface area contributed by atoms with Crippen molar-refractivity contribution in [3.63, 3.8) is 0 Å². The Morgan fingerprint density at radius 3 is 2.33 bits per heavy atom. The average molecular weight is 337 g/mol. The summed E-state index contributed by atoms with van der Waals surface area (Å²) in [6, 6.07) is 0. The Labute approximate surface area is 73.0 Å². The van der Waals surface area contributed by atoms with E-state index >= 15 is 0 Å². The first kappa shape index (κ1) is 10.2. The Balaban J connectivity index is 3.50. The number of rotatable bonds is 4. The Bertz CT molecular complexity index is 66.1. The molecule has 0 saturated heterocycles. The predicted molar refractivity (Wildman–Crippen MR) is 36.4 cm³/mol. The van der Waals surface area contributed by atoms with Crippen LogP contribution in [0.3, 0.4) is 0 Å². The van der Waals surface area contributed by atoms with E-state index in [0.717, 1.165) is 6.42 Å². The normalized spacial score (nSPS) is 16.4. The van der Waals surface area contributed by atoms with Gasteiger partial charge in [0.2, 0.25) is 0 Å². The van der Waals surface area contributed by atoms with E-state index < -0.39 is 23.3 Å². The van der Waals surface area contributed by atoms with Gasteiger partial charge in [0, 0.05) is 0 Å². The van der Waals surface area contributed by atoms with Crippen LogP contribution in [0, 0.1) is 0 Å². The van der Waals surface area contributed by atoms with E-state index in [1.54, 1.807) is 7.11 Å². The predicted octanol–water partition coefficient (Wildman–Crippen LogP) is 2.46. The van der Waals surface area contributed by atoms with Crippen LogP contribution in [0.4, 0.5) is 0 Å². The molecule has 0 N–H and O–H groups in total. The maximum absolute atomic E-state index is 5.85. The van der Waals surface area contributed by atoms with Crippen molar-refractivity contribution in [2.24, 2.45) is 0 Å². The van der Waals surface area contributed by atoms with Crippen molar-refractivity contribution in [1.29, 1.82) is 0 Å². The van der Waals surface area contributed by atoms with Crippen molar-refractivity contribution in [1.82, 2.24) is 0 Å². The van der Waals surface area contributed by atoms with Crippen molar-refractivity contribution in [3.8, 4) is 0 Å². The minimum atomic E-state index is -1.03. The molecule has 0 aromatic heterocycles. The molecular weight excluding hydrogens is 324 g/mol. The van der Waals surface area contributed by atoms with E-state index in [1.807, 2.05) is 0 Å². The zero-order valence-electron chi connectivity index (χ0n) is 6.36. The number of ether oxygens (including phenoxy) is 1. The number of methoxy groups -OCH3 is 1. The van der Waals surface area contributed by atoms with Crippen LogP contribution in [0.15, 0.2) is 0 Å². The van der Waals surface area contributed by atoms with Gasteiger partial charge in [-0.15, -0.1) is 0 Å². The van der Waals surface area contributed by atoms with Gasteiger partial charge in [0.1, 0.15) is 0 Å². The van der Waals surface area contributed by atoms with Gasteiger partial charge in [0.15, 0.2) is 0 Å². The number of hydrogen-bond donors (Lipinski definition) is 0. The summed E-state index contributed by atoms with van der Waals surface area (Å²) in [5, 5.41) is 0. The summed E-state index contributed by atoms with van der Waals surface area (Å²) in [5.74, 6) is 0. The van der Waals surface area contributed by atoms with Crippen LogP contribution < -0.4 is 0 Å². The fourth-order valence-corrected chi connectivity index (χ4v) is 5.46. The summed E-state index contributed by atoms with van der Waals surface area (Å²) < 4.78 is 5.92. The maximum atomic E-state index is 5.85. The molecule has 2 atom stereocenters.